The van der Waals surface area contributed by atoms with E-state index in [0.717, 1.165) is 24.3 Å². The lowest BCUT2D eigenvalue weighted by atomic mass is 9.73. The molecule has 0 unspecified atom stereocenters. The molecule has 2 atom stereocenters. The Labute approximate surface area is 211 Å². The second kappa shape index (κ2) is 11.4. The molecule has 0 aromatic heterocycles. The number of hydrogen-bond donors (Lipinski definition) is 1. The molecule has 0 amide bonds. The minimum absolute atomic E-state index is 0.0565. The van der Waals surface area contributed by atoms with E-state index in [0.29, 0.717) is 0 Å². The van der Waals surface area contributed by atoms with Crippen molar-refractivity contribution in [3.8, 4) is 0 Å². The number of ether oxygens (including phenoxy) is 2. The molecule has 2 aromatic carbocycles. The highest BCUT2D eigenvalue weighted by Crippen LogP contribution is 2.46. The lowest BCUT2D eigenvalue weighted by Gasteiger charge is -2.36. The van der Waals surface area contributed by atoms with Gasteiger partial charge < -0.3 is 14.8 Å². The van der Waals surface area contributed by atoms with E-state index in [1.54, 1.807) is 0 Å². The van der Waals surface area contributed by atoms with Crippen LogP contribution in [0.25, 0.3) is 0 Å². The molecule has 0 spiro atoms. The second-order valence-electron chi connectivity index (χ2n) is 8.15. The normalized spacial score (nSPS) is 18.8. The molecule has 0 fully saturated rings. The number of alkyl halides is 3. The molecular formula is C27H25F4NO5. The van der Waals surface area contributed by atoms with E-state index in [4.69, 9.17) is 9.47 Å². The summed E-state index contributed by atoms with van der Waals surface area (Å²) in [6, 6.07) is 9.22. The van der Waals surface area contributed by atoms with Crippen molar-refractivity contribution in [2.45, 2.75) is 32.9 Å². The van der Waals surface area contributed by atoms with Crippen LogP contribution < -0.4 is 5.32 Å². The van der Waals surface area contributed by atoms with Crippen LogP contribution in [-0.2, 0) is 25.2 Å². The van der Waals surface area contributed by atoms with Crippen molar-refractivity contribution in [2.24, 2.45) is 5.92 Å². The van der Waals surface area contributed by atoms with Gasteiger partial charge in [0.1, 0.15) is 11.7 Å². The largest absolute Gasteiger partial charge is 0.465 e. The molecule has 0 aliphatic carbocycles. The second-order valence-corrected chi connectivity index (χ2v) is 8.15. The van der Waals surface area contributed by atoms with Crippen LogP contribution in [0.15, 0.2) is 71.6 Å². The maximum Gasteiger partial charge on any atom is 0.416 e. The monoisotopic (exact) mass is 519 g/mol. The number of carbonyl (C=O) groups excluding carboxylic acids is 3. The number of esters is 2. The highest BCUT2D eigenvalue weighted by Gasteiger charge is 2.47. The van der Waals surface area contributed by atoms with E-state index in [-0.39, 0.29) is 41.3 Å². The van der Waals surface area contributed by atoms with Crippen LogP contribution in [0.1, 0.15) is 48.2 Å². The van der Waals surface area contributed by atoms with E-state index in [1.165, 1.54) is 51.1 Å². The van der Waals surface area contributed by atoms with Crippen molar-refractivity contribution < 1.29 is 41.4 Å². The number of ketones is 1. The van der Waals surface area contributed by atoms with Gasteiger partial charge in [-0.2, -0.15) is 13.2 Å². The van der Waals surface area contributed by atoms with Crippen LogP contribution in [0.2, 0.25) is 0 Å². The van der Waals surface area contributed by atoms with E-state index >= 15 is 0 Å². The van der Waals surface area contributed by atoms with Gasteiger partial charge in [-0.25, -0.2) is 9.18 Å². The number of hydrogen-bond acceptors (Lipinski definition) is 6. The average Bonchev–Trinajstić information content (AvgIpc) is 2.83. The van der Waals surface area contributed by atoms with Gasteiger partial charge in [0, 0.05) is 29.0 Å². The van der Waals surface area contributed by atoms with Crippen LogP contribution in [0.5, 0.6) is 0 Å². The first-order valence-electron chi connectivity index (χ1n) is 11.5. The first kappa shape index (κ1) is 27.6. The summed E-state index contributed by atoms with van der Waals surface area (Å²) >= 11 is 0. The number of carbonyl (C=O) groups is 3. The standard InChI is InChI=1S/C27H25F4NO5/c1-4-36-25(34)22-15(3)32-20(14-21(33)16-10-12-17(28)13-11-16)24(26(35)37-5-2)23(22)18-8-6-7-9-19(18)27(29,30)31/h6-14,23-24,32H,4-5H2,1-3H3/b20-14-/t23-,24-/m1/s1. The first-order chi connectivity index (χ1) is 17.5. The van der Waals surface area contributed by atoms with Crippen molar-refractivity contribution in [3.63, 3.8) is 0 Å². The maximum atomic E-state index is 14.1. The quantitative estimate of drug-likeness (QED) is 0.231. The topological polar surface area (TPSA) is 81.7 Å². The summed E-state index contributed by atoms with van der Waals surface area (Å²) in [4.78, 5) is 39.2. The lowest BCUT2D eigenvalue weighted by Crippen LogP contribution is -2.41. The molecule has 10 heteroatoms. The van der Waals surface area contributed by atoms with Gasteiger partial charge in [-0.1, -0.05) is 18.2 Å². The Hall–Kier alpha value is -3.95. The minimum atomic E-state index is -4.80. The number of benzene rings is 2. The number of rotatable bonds is 7. The van der Waals surface area contributed by atoms with Gasteiger partial charge in [0.15, 0.2) is 5.78 Å². The Balaban J connectivity index is 2.29. The van der Waals surface area contributed by atoms with Crippen LogP contribution in [0.4, 0.5) is 17.6 Å². The summed E-state index contributed by atoms with van der Waals surface area (Å²) in [7, 11) is 0. The Kier molecular flexibility index (Phi) is 8.52. The van der Waals surface area contributed by atoms with E-state index < -0.39 is 47.1 Å². The molecule has 37 heavy (non-hydrogen) atoms. The molecule has 1 N–H and O–H groups in total. The van der Waals surface area contributed by atoms with E-state index in [2.05, 4.69) is 5.32 Å². The smallest absolute Gasteiger partial charge is 0.416 e. The lowest BCUT2D eigenvalue weighted by molar-refractivity contribution is -0.149. The predicted octanol–water partition coefficient (Wildman–Crippen LogP) is 5.31. The first-order valence-corrected chi connectivity index (χ1v) is 11.5. The zero-order valence-electron chi connectivity index (χ0n) is 20.3. The number of allylic oxidation sites excluding steroid dienone is 2. The fraction of sp³-hybridized carbons (Fsp3) is 0.296. The third-order valence-electron chi connectivity index (χ3n) is 5.77. The summed E-state index contributed by atoms with van der Waals surface area (Å²) < 4.78 is 65.8. The summed E-state index contributed by atoms with van der Waals surface area (Å²) in [5, 5.41) is 2.83. The Bertz CT molecular complexity index is 1250. The van der Waals surface area contributed by atoms with Crippen molar-refractivity contribution in [2.75, 3.05) is 13.2 Å². The molecule has 196 valence electrons. The zero-order chi connectivity index (χ0) is 27.3. The van der Waals surface area contributed by atoms with Gasteiger partial charge in [-0.05, 0) is 56.7 Å². The van der Waals surface area contributed by atoms with Gasteiger partial charge >= 0.3 is 18.1 Å². The van der Waals surface area contributed by atoms with Crippen LogP contribution in [-0.4, -0.2) is 30.9 Å². The zero-order valence-corrected chi connectivity index (χ0v) is 20.3. The van der Waals surface area contributed by atoms with Crippen molar-refractivity contribution in [1.29, 1.82) is 0 Å². The molecule has 1 heterocycles. The summed E-state index contributed by atoms with van der Waals surface area (Å²) in [6.07, 6.45) is -3.76. The van der Waals surface area contributed by atoms with Gasteiger partial charge in [0.2, 0.25) is 0 Å². The predicted molar refractivity (Wildman–Crippen MR) is 126 cm³/mol. The molecule has 0 saturated heterocycles. The van der Waals surface area contributed by atoms with Gasteiger partial charge in [0.05, 0.1) is 24.4 Å². The van der Waals surface area contributed by atoms with Crippen molar-refractivity contribution >= 4 is 17.7 Å². The molecule has 2 aromatic rings. The van der Waals surface area contributed by atoms with Crippen LogP contribution in [0.3, 0.4) is 0 Å². The van der Waals surface area contributed by atoms with Crippen molar-refractivity contribution in [3.05, 3.63) is 94.1 Å². The Morgan fingerprint density at radius 1 is 0.973 bits per heavy atom. The third kappa shape index (κ3) is 6.07. The molecule has 1 aliphatic heterocycles. The van der Waals surface area contributed by atoms with Gasteiger partial charge in [-0.15, -0.1) is 0 Å². The Morgan fingerprint density at radius 2 is 1.59 bits per heavy atom. The third-order valence-corrected chi connectivity index (χ3v) is 5.77. The van der Waals surface area contributed by atoms with Gasteiger partial charge in [0.25, 0.3) is 0 Å². The van der Waals surface area contributed by atoms with E-state index in [9.17, 15) is 31.9 Å². The summed E-state index contributed by atoms with van der Waals surface area (Å²) in [5.74, 6) is -6.05. The van der Waals surface area contributed by atoms with Gasteiger partial charge in [-0.3, -0.25) is 9.59 Å². The molecule has 6 nitrogen and oxygen atoms in total. The van der Waals surface area contributed by atoms with Crippen molar-refractivity contribution in [1.82, 2.24) is 5.32 Å². The molecule has 3 rings (SSSR count). The molecule has 0 bridgehead atoms. The molecule has 0 saturated carbocycles. The Morgan fingerprint density at radius 3 is 2.19 bits per heavy atom. The summed E-state index contributed by atoms with van der Waals surface area (Å²) in [6.45, 7) is 4.34. The number of nitrogens with one attached hydrogen (secondary N) is 1. The highest BCUT2D eigenvalue weighted by molar-refractivity contribution is 6.05. The maximum absolute atomic E-state index is 14.1. The fourth-order valence-electron chi connectivity index (χ4n) is 4.25. The molecular weight excluding hydrogens is 494 g/mol. The highest BCUT2D eigenvalue weighted by atomic mass is 19.4. The summed E-state index contributed by atoms with van der Waals surface area (Å²) in [5.41, 5.74) is -1.46. The fourth-order valence-corrected chi connectivity index (χ4v) is 4.25. The molecule has 0 radical (unpaired) electrons. The van der Waals surface area contributed by atoms with Crippen LogP contribution in [0, 0.1) is 11.7 Å². The SMILES string of the molecule is CCOC(=O)C1=C(C)N/C(=C\C(=O)c2ccc(F)cc2)[C@@H](C(=O)OCC)[C@@H]1c1ccccc1C(F)(F)F. The average molecular weight is 519 g/mol. The van der Waals surface area contributed by atoms with E-state index in [1.807, 2.05) is 0 Å². The molecule has 1 aliphatic rings. The number of halogens is 4. The minimum Gasteiger partial charge on any atom is -0.465 e. The van der Waals surface area contributed by atoms with Crippen LogP contribution >= 0.6 is 0 Å².